The van der Waals surface area contributed by atoms with E-state index in [1.54, 1.807) is 12.0 Å². The average Bonchev–Trinajstić information content (AvgIpc) is 2.56. The first-order valence-electron chi connectivity index (χ1n) is 5.12. The number of carbonyl (C=O) groups excluding carboxylic acids is 1. The molecule has 1 unspecified atom stereocenters. The van der Waals surface area contributed by atoms with E-state index >= 15 is 0 Å². The molecule has 1 aliphatic heterocycles. The standard InChI is InChI=1S/C11H12Br2N2O2/c1-17-9-3-6(12)2-8(13)11(9)15-5-7(14)4-10(15)16/h2-3,7H,4-5,14H2,1H3. The molecular formula is C11H12Br2N2O2. The van der Waals surface area contributed by atoms with Crippen molar-refractivity contribution in [1.29, 1.82) is 0 Å². The molecule has 6 heteroatoms. The summed E-state index contributed by atoms with van der Waals surface area (Å²) < 4.78 is 7.01. The van der Waals surface area contributed by atoms with Crippen LogP contribution in [0.5, 0.6) is 5.75 Å². The highest BCUT2D eigenvalue weighted by molar-refractivity contribution is 9.11. The minimum atomic E-state index is -0.109. The number of nitrogens with zero attached hydrogens (tertiary/aromatic N) is 1. The van der Waals surface area contributed by atoms with Gasteiger partial charge in [-0.05, 0) is 28.1 Å². The molecule has 0 aliphatic carbocycles. The fourth-order valence-corrected chi connectivity index (χ4v) is 3.31. The minimum absolute atomic E-state index is 0.0267. The van der Waals surface area contributed by atoms with Gasteiger partial charge in [-0.2, -0.15) is 0 Å². The lowest BCUT2D eigenvalue weighted by molar-refractivity contribution is -0.117. The van der Waals surface area contributed by atoms with Crippen LogP contribution in [0.15, 0.2) is 21.1 Å². The van der Waals surface area contributed by atoms with E-state index in [1.807, 2.05) is 12.1 Å². The monoisotopic (exact) mass is 362 g/mol. The molecule has 1 amide bonds. The molecule has 0 spiro atoms. The van der Waals surface area contributed by atoms with Crippen molar-refractivity contribution in [3.8, 4) is 5.75 Å². The van der Waals surface area contributed by atoms with E-state index in [1.165, 1.54) is 0 Å². The first-order valence-corrected chi connectivity index (χ1v) is 6.70. The Hall–Kier alpha value is -0.590. The maximum absolute atomic E-state index is 11.8. The Labute approximate surface area is 116 Å². The SMILES string of the molecule is COc1cc(Br)cc(Br)c1N1CC(N)CC1=O. The second kappa shape index (κ2) is 4.96. The molecule has 2 N–H and O–H groups in total. The van der Waals surface area contributed by atoms with Gasteiger partial charge in [-0.25, -0.2) is 0 Å². The Bertz CT molecular complexity index is 465. The lowest BCUT2D eigenvalue weighted by atomic mass is 10.2. The van der Waals surface area contributed by atoms with E-state index in [9.17, 15) is 4.79 Å². The third kappa shape index (κ3) is 2.48. The van der Waals surface area contributed by atoms with E-state index in [0.29, 0.717) is 18.7 Å². The number of nitrogens with two attached hydrogens (primary N) is 1. The van der Waals surface area contributed by atoms with Crippen molar-refractivity contribution in [1.82, 2.24) is 0 Å². The molecule has 1 aliphatic rings. The number of methoxy groups -OCH3 is 1. The third-order valence-corrected chi connectivity index (χ3v) is 3.70. The Morgan fingerprint density at radius 2 is 2.18 bits per heavy atom. The molecule has 17 heavy (non-hydrogen) atoms. The number of benzene rings is 1. The van der Waals surface area contributed by atoms with Crippen LogP contribution in [0.25, 0.3) is 0 Å². The minimum Gasteiger partial charge on any atom is -0.494 e. The lowest BCUT2D eigenvalue weighted by Gasteiger charge is -2.21. The predicted molar refractivity (Wildman–Crippen MR) is 73.3 cm³/mol. The van der Waals surface area contributed by atoms with Gasteiger partial charge in [0.05, 0.1) is 7.11 Å². The zero-order valence-electron chi connectivity index (χ0n) is 9.24. The van der Waals surface area contributed by atoms with Crippen molar-refractivity contribution in [2.24, 2.45) is 5.73 Å². The van der Waals surface area contributed by atoms with Gasteiger partial charge in [0, 0.05) is 28.0 Å². The highest BCUT2D eigenvalue weighted by Crippen LogP contribution is 2.40. The van der Waals surface area contributed by atoms with Crippen LogP contribution in [0, 0.1) is 0 Å². The van der Waals surface area contributed by atoms with Gasteiger partial charge in [0.2, 0.25) is 5.91 Å². The number of ether oxygens (including phenoxy) is 1. The fourth-order valence-electron chi connectivity index (χ4n) is 1.91. The summed E-state index contributed by atoms with van der Waals surface area (Å²) in [6.07, 6.45) is 0.381. The van der Waals surface area contributed by atoms with Crippen LogP contribution in [0.1, 0.15) is 6.42 Å². The van der Waals surface area contributed by atoms with Gasteiger partial charge >= 0.3 is 0 Å². The van der Waals surface area contributed by atoms with Crippen molar-refractivity contribution in [3.05, 3.63) is 21.1 Å². The summed E-state index contributed by atoms with van der Waals surface area (Å²) in [7, 11) is 1.58. The zero-order valence-corrected chi connectivity index (χ0v) is 12.4. The second-order valence-electron chi connectivity index (χ2n) is 3.91. The van der Waals surface area contributed by atoms with Crippen LogP contribution in [0.2, 0.25) is 0 Å². The smallest absolute Gasteiger partial charge is 0.228 e. The van der Waals surface area contributed by atoms with E-state index in [2.05, 4.69) is 31.9 Å². The zero-order chi connectivity index (χ0) is 12.6. The largest absolute Gasteiger partial charge is 0.494 e. The quantitative estimate of drug-likeness (QED) is 0.876. The predicted octanol–water partition coefficient (Wildman–Crippen LogP) is 2.28. The topological polar surface area (TPSA) is 55.6 Å². The van der Waals surface area contributed by atoms with Gasteiger partial charge in [-0.3, -0.25) is 4.79 Å². The van der Waals surface area contributed by atoms with Gasteiger partial charge < -0.3 is 15.4 Å². The Morgan fingerprint density at radius 3 is 2.71 bits per heavy atom. The number of halogens is 2. The third-order valence-electron chi connectivity index (χ3n) is 2.64. The van der Waals surface area contributed by atoms with Crippen LogP contribution < -0.4 is 15.4 Å². The molecule has 0 aromatic heterocycles. The van der Waals surface area contributed by atoms with Crippen LogP contribution in [0.4, 0.5) is 5.69 Å². The molecule has 0 bridgehead atoms. The van der Waals surface area contributed by atoms with E-state index in [4.69, 9.17) is 10.5 Å². The Kier molecular flexibility index (Phi) is 3.75. The van der Waals surface area contributed by atoms with E-state index < -0.39 is 0 Å². The molecule has 2 rings (SSSR count). The molecule has 1 fully saturated rings. The molecular weight excluding hydrogens is 352 g/mol. The number of carbonyl (C=O) groups is 1. The maximum atomic E-state index is 11.8. The van der Waals surface area contributed by atoms with Gasteiger partial charge in [0.1, 0.15) is 11.4 Å². The summed E-state index contributed by atoms with van der Waals surface area (Å²) in [6.45, 7) is 0.523. The summed E-state index contributed by atoms with van der Waals surface area (Å²) in [6, 6.07) is 3.61. The second-order valence-corrected chi connectivity index (χ2v) is 5.68. The molecule has 1 aromatic rings. The van der Waals surface area contributed by atoms with E-state index in [0.717, 1.165) is 14.6 Å². The number of hydrogen-bond acceptors (Lipinski definition) is 3. The van der Waals surface area contributed by atoms with E-state index in [-0.39, 0.29) is 11.9 Å². The summed E-state index contributed by atoms with van der Waals surface area (Å²) in [5, 5.41) is 0. The summed E-state index contributed by atoms with van der Waals surface area (Å²) >= 11 is 6.84. The number of rotatable bonds is 2. The van der Waals surface area contributed by atoms with Crippen LogP contribution >= 0.6 is 31.9 Å². The van der Waals surface area contributed by atoms with Crippen molar-refractivity contribution >= 4 is 43.5 Å². The number of anilines is 1. The molecule has 4 nitrogen and oxygen atoms in total. The molecule has 1 heterocycles. The average molecular weight is 364 g/mol. The molecule has 1 aromatic carbocycles. The van der Waals surface area contributed by atoms with Gasteiger partial charge in [0.25, 0.3) is 0 Å². The summed E-state index contributed by atoms with van der Waals surface area (Å²) in [5.41, 5.74) is 6.54. The lowest BCUT2D eigenvalue weighted by Crippen LogP contribution is -2.28. The van der Waals surface area contributed by atoms with Gasteiger partial charge in [-0.1, -0.05) is 15.9 Å². The number of amides is 1. The maximum Gasteiger partial charge on any atom is 0.228 e. The molecule has 1 atom stereocenters. The van der Waals surface area contributed by atoms with Gasteiger partial charge in [0.15, 0.2) is 0 Å². The van der Waals surface area contributed by atoms with Crippen molar-refractivity contribution < 1.29 is 9.53 Å². The molecule has 92 valence electrons. The number of hydrogen-bond donors (Lipinski definition) is 1. The van der Waals surface area contributed by atoms with Crippen LogP contribution in [0.3, 0.4) is 0 Å². The highest BCUT2D eigenvalue weighted by atomic mass is 79.9. The first kappa shape index (κ1) is 12.9. The molecule has 0 saturated carbocycles. The van der Waals surface area contributed by atoms with Crippen molar-refractivity contribution in [2.45, 2.75) is 12.5 Å². The van der Waals surface area contributed by atoms with Crippen LogP contribution in [-0.4, -0.2) is 25.6 Å². The summed E-state index contributed by atoms with van der Waals surface area (Å²) in [5.74, 6) is 0.674. The first-order chi connectivity index (χ1) is 8.02. The highest BCUT2D eigenvalue weighted by Gasteiger charge is 2.31. The molecule has 0 radical (unpaired) electrons. The van der Waals surface area contributed by atoms with Gasteiger partial charge in [-0.15, -0.1) is 0 Å². The van der Waals surface area contributed by atoms with Crippen molar-refractivity contribution in [2.75, 3.05) is 18.6 Å². The van der Waals surface area contributed by atoms with Crippen molar-refractivity contribution in [3.63, 3.8) is 0 Å². The fraction of sp³-hybridized carbons (Fsp3) is 0.364. The Morgan fingerprint density at radius 1 is 1.47 bits per heavy atom. The Balaban J connectivity index is 2.47. The van der Waals surface area contributed by atoms with Crippen LogP contribution in [-0.2, 0) is 4.79 Å². The normalized spacial score (nSPS) is 19.9. The summed E-state index contributed by atoms with van der Waals surface area (Å²) in [4.78, 5) is 13.5. The molecule has 1 saturated heterocycles.